The fourth-order valence-electron chi connectivity index (χ4n) is 8.14. The standard InChI is InChI=1S/C40H61BN2O12/c1-35(2,3)51-31(45)29-26(49-25-20-43(21-25)32(46)39(12,22-44)42-33(47)52-36(4,5)6)15-14-23(30(29)50-34(48)53-37(7,8)9)16-17-41-54-28-19-24-18-27(38(24,10)11)40(28,13)55-41/h14-15,24-25,27-28,44H,16-22H2,1-13H3,(H,42,47)/t24-,27-,28+,39?,40-/m0/s1. The molecule has 1 aromatic carbocycles. The molecule has 2 N–H and O–H groups in total. The smallest absolute Gasteiger partial charge is 0.486 e. The van der Waals surface area contributed by atoms with Gasteiger partial charge in [0.15, 0.2) is 5.75 Å². The second-order valence-corrected chi connectivity index (χ2v) is 19.5. The number of benzene rings is 1. The first kappa shape index (κ1) is 42.6. The van der Waals surface area contributed by atoms with E-state index >= 15 is 0 Å². The van der Waals surface area contributed by atoms with Gasteiger partial charge in [-0.25, -0.2) is 14.4 Å². The summed E-state index contributed by atoms with van der Waals surface area (Å²) in [7, 11) is -0.492. The Hall–Kier alpha value is -3.56. The predicted octanol–water partition coefficient (Wildman–Crippen LogP) is 6.09. The molecule has 14 nitrogen and oxygen atoms in total. The molecule has 2 aliphatic heterocycles. The summed E-state index contributed by atoms with van der Waals surface area (Å²) >= 11 is 0. The van der Waals surface area contributed by atoms with Gasteiger partial charge < -0.3 is 48.3 Å². The number of hydrogen-bond acceptors (Lipinski definition) is 12. The first-order valence-corrected chi connectivity index (χ1v) is 19.4. The molecule has 55 heavy (non-hydrogen) atoms. The molecular weight excluding hydrogens is 711 g/mol. The number of aliphatic hydroxyl groups is 1. The van der Waals surface area contributed by atoms with Crippen LogP contribution in [0.3, 0.4) is 0 Å². The number of hydrogen-bond donors (Lipinski definition) is 2. The number of alkyl carbamates (subject to hydrolysis) is 1. The Bertz CT molecular complexity index is 1660. The molecule has 6 rings (SSSR count). The minimum Gasteiger partial charge on any atom is -0.486 e. The fraction of sp³-hybridized carbons (Fsp3) is 0.750. The van der Waals surface area contributed by atoms with Crippen molar-refractivity contribution in [2.45, 2.75) is 156 Å². The van der Waals surface area contributed by atoms with Crippen LogP contribution in [0.5, 0.6) is 11.5 Å². The van der Waals surface area contributed by atoms with Gasteiger partial charge in [0, 0.05) is 0 Å². The first-order valence-electron chi connectivity index (χ1n) is 19.4. The average Bonchev–Trinajstić information content (AvgIpc) is 3.34. The van der Waals surface area contributed by atoms with E-state index in [2.05, 4.69) is 26.1 Å². The molecule has 0 radical (unpaired) electrons. The summed E-state index contributed by atoms with van der Waals surface area (Å²) in [5, 5.41) is 12.6. The average molecular weight is 773 g/mol. The van der Waals surface area contributed by atoms with Crippen LogP contribution in [0.15, 0.2) is 12.1 Å². The summed E-state index contributed by atoms with van der Waals surface area (Å²) in [6, 6.07) is 3.35. The van der Waals surface area contributed by atoms with E-state index in [0.717, 1.165) is 12.8 Å². The van der Waals surface area contributed by atoms with Gasteiger partial charge in [0.25, 0.3) is 5.91 Å². The number of nitrogens with one attached hydrogen (secondary N) is 1. The van der Waals surface area contributed by atoms with E-state index in [4.69, 9.17) is 33.0 Å². The number of aliphatic hydroxyl groups excluding tert-OH is 1. The molecule has 15 heteroatoms. The van der Waals surface area contributed by atoms with Crippen molar-refractivity contribution < 1.29 is 57.3 Å². The van der Waals surface area contributed by atoms with Gasteiger partial charge in [0.1, 0.15) is 39.8 Å². The highest BCUT2D eigenvalue weighted by Crippen LogP contribution is 2.65. The number of nitrogens with zero attached hydrogens (tertiary/aromatic N) is 1. The molecule has 5 atom stereocenters. The lowest BCUT2D eigenvalue weighted by Gasteiger charge is -2.64. The number of aryl methyl sites for hydroxylation is 1. The molecule has 306 valence electrons. The van der Waals surface area contributed by atoms with Gasteiger partial charge >= 0.3 is 25.3 Å². The van der Waals surface area contributed by atoms with Crippen molar-refractivity contribution >= 4 is 31.2 Å². The molecule has 2 heterocycles. The van der Waals surface area contributed by atoms with E-state index in [9.17, 15) is 24.3 Å². The van der Waals surface area contributed by atoms with E-state index in [-0.39, 0.29) is 41.7 Å². The van der Waals surface area contributed by atoms with Crippen LogP contribution in [0.2, 0.25) is 6.32 Å². The summed E-state index contributed by atoms with van der Waals surface area (Å²) in [5.41, 5.74) is -4.03. The number of ether oxygens (including phenoxy) is 5. The number of amides is 2. The zero-order chi connectivity index (χ0) is 41.1. The molecule has 2 amide bonds. The van der Waals surface area contributed by atoms with E-state index in [1.54, 1.807) is 74.4 Å². The van der Waals surface area contributed by atoms with Crippen molar-refractivity contribution in [2.24, 2.45) is 17.3 Å². The maximum Gasteiger partial charge on any atom is 0.514 e. The molecule has 2 bridgehead atoms. The van der Waals surface area contributed by atoms with Crippen molar-refractivity contribution in [1.82, 2.24) is 10.2 Å². The Labute approximate surface area is 325 Å². The highest BCUT2D eigenvalue weighted by atomic mass is 16.7. The molecule has 0 aromatic heterocycles. The topological polar surface area (TPSA) is 168 Å². The first-order chi connectivity index (χ1) is 25.1. The monoisotopic (exact) mass is 772 g/mol. The van der Waals surface area contributed by atoms with Gasteiger partial charge in [0.2, 0.25) is 0 Å². The summed E-state index contributed by atoms with van der Waals surface area (Å²) < 4.78 is 41.9. The fourth-order valence-corrected chi connectivity index (χ4v) is 8.14. The Balaban J connectivity index is 1.38. The third kappa shape index (κ3) is 9.36. The van der Waals surface area contributed by atoms with Gasteiger partial charge in [-0.05, 0) is 131 Å². The summed E-state index contributed by atoms with van der Waals surface area (Å²) in [6.45, 7) is 23.0. The lowest BCUT2D eigenvalue weighted by molar-refractivity contribution is -0.199. The predicted molar refractivity (Wildman–Crippen MR) is 203 cm³/mol. The van der Waals surface area contributed by atoms with Crippen LogP contribution in [0.4, 0.5) is 9.59 Å². The molecule has 5 fully saturated rings. The van der Waals surface area contributed by atoms with Crippen LogP contribution < -0.4 is 14.8 Å². The maximum atomic E-state index is 14.0. The van der Waals surface area contributed by atoms with Gasteiger partial charge in [0.05, 0.1) is 31.4 Å². The van der Waals surface area contributed by atoms with Crippen LogP contribution in [0.1, 0.15) is 119 Å². The largest absolute Gasteiger partial charge is 0.514 e. The highest BCUT2D eigenvalue weighted by molar-refractivity contribution is 6.45. The quantitative estimate of drug-likeness (QED) is 0.122. The number of carbonyl (C=O) groups excluding carboxylic acids is 4. The van der Waals surface area contributed by atoms with Crippen molar-refractivity contribution in [1.29, 1.82) is 0 Å². The van der Waals surface area contributed by atoms with E-state index in [1.165, 1.54) is 11.8 Å². The third-order valence-corrected chi connectivity index (χ3v) is 11.0. The number of esters is 1. The molecule has 3 saturated carbocycles. The molecule has 3 aliphatic carbocycles. The summed E-state index contributed by atoms with van der Waals surface area (Å²) in [6.07, 6.45) is 0.393. The van der Waals surface area contributed by atoms with Crippen LogP contribution in [0, 0.1) is 17.3 Å². The van der Waals surface area contributed by atoms with Gasteiger partial charge in [-0.1, -0.05) is 19.9 Å². The summed E-state index contributed by atoms with van der Waals surface area (Å²) in [4.78, 5) is 54.6. The van der Waals surface area contributed by atoms with Gasteiger partial charge in [-0.3, -0.25) is 4.79 Å². The lowest BCUT2D eigenvalue weighted by atomic mass is 9.43. The normalized spacial score (nSPS) is 25.7. The van der Waals surface area contributed by atoms with Crippen LogP contribution in [-0.2, 0) is 34.7 Å². The second-order valence-electron chi connectivity index (χ2n) is 19.5. The zero-order valence-corrected chi connectivity index (χ0v) is 34.9. The van der Waals surface area contributed by atoms with E-state index in [1.807, 2.05) is 0 Å². The van der Waals surface area contributed by atoms with Crippen molar-refractivity contribution in [3.8, 4) is 11.5 Å². The highest BCUT2D eigenvalue weighted by Gasteiger charge is 2.67. The van der Waals surface area contributed by atoms with Crippen molar-refractivity contribution in [3.05, 3.63) is 23.3 Å². The Morgan fingerprint density at radius 1 is 0.909 bits per heavy atom. The minimum atomic E-state index is -1.65. The molecule has 0 spiro atoms. The van der Waals surface area contributed by atoms with Crippen molar-refractivity contribution in [3.63, 3.8) is 0 Å². The minimum absolute atomic E-state index is 0.00267. The SMILES string of the molecule is CC(C)(C)OC(=O)NC(C)(CO)C(=O)N1CC(Oc2ccc(CCB3O[C@@H]4C[C@@H]5C[C@@H](C5(C)C)[C@]4(C)O3)c(OC(=O)OC(C)(C)C)c2C(=O)OC(C)(C)C)C1. The zero-order valence-electron chi connectivity index (χ0n) is 34.9. The Morgan fingerprint density at radius 2 is 1.53 bits per heavy atom. The van der Waals surface area contributed by atoms with E-state index in [0.29, 0.717) is 30.1 Å². The number of carbonyl (C=O) groups is 4. The third-order valence-electron chi connectivity index (χ3n) is 11.0. The van der Waals surface area contributed by atoms with Crippen LogP contribution in [-0.4, -0.2) is 101 Å². The molecular formula is C40H61BN2O12. The molecule has 1 aromatic rings. The summed E-state index contributed by atoms with van der Waals surface area (Å²) in [5.74, 6) is -0.301. The van der Waals surface area contributed by atoms with Gasteiger partial charge in [-0.2, -0.15) is 0 Å². The van der Waals surface area contributed by atoms with Crippen LogP contribution in [0.25, 0.3) is 0 Å². The number of rotatable bonds is 10. The van der Waals surface area contributed by atoms with Gasteiger partial charge in [-0.15, -0.1) is 0 Å². The lowest BCUT2D eigenvalue weighted by Crippen LogP contribution is -2.67. The van der Waals surface area contributed by atoms with E-state index < -0.39 is 71.9 Å². The molecule has 2 saturated heterocycles. The molecule has 1 unspecified atom stereocenters. The maximum absolute atomic E-state index is 14.0. The van der Waals surface area contributed by atoms with Crippen molar-refractivity contribution in [2.75, 3.05) is 19.7 Å². The molecule has 5 aliphatic rings. The Morgan fingerprint density at radius 3 is 2.09 bits per heavy atom. The van der Waals surface area contributed by atoms with Crippen LogP contribution >= 0.6 is 0 Å². The Kier molecular flexibility index (Phi) is 11.4. The second kappa shape index (κ2) is 14.7. The number of likely N-dealkylation sites (tertiary alicyclic amines) is 1.